The lowest BCUT2D eigenvalue weighted by Gasteiger charge is -2.22. The predicted molar refractivity (Wildman–Crippen MR) is 97.7 cm³/mol. The van der Waals surface area contributed by atoms with Crippen molar-refractivity contribution in [3.05, 3.63) is 34.4 Å². The lowest BCUT2D eigenvalue weighted by atomic mass is 9.92. The van der Waals surface area contributed by atoms with Crippen molar-refractivity contribution in [2.24, 2.45) is 5.92 Å². The Kier molecular flexibility index (Phi) is 5.35. The SMILES string of the molecule is Cc1cc(C)c(C(=O)CN2C(=O)N[C@@](C)(CCC(C)C)C2=O)cc1C. The molecule has 1 aliphatic heterocycles. The number of carbonyl (C=O) groups excluding carboxylic acids is 3. The number of carbonyl (C=O) groups is 3. The van der Waals surface area contributed by atoms with Gasteiger partial charge in [-0.2, -0.15) is 0 Å². The maximum absolute atomic E-state index is 12.7. The molecule has 0 saturated carbocycles. The number of rotatable bonds is 6. The summed E-state index contributed by atoms with van der Waals surface area (Å²) in [6.07, 6.45) is 1.41. The zero-order valence-corrected chi connectivity index (χ0v) is 16.0. The Hall–Kier alpha value is -2.17. The van der Waals surface area contributed by atoms with Gasteiger partial charge in [-0.15, -0.1) is 0 Å². The Morgan fingerprint density at radius 3 is 2.32 bits per heavy atom. The van der Waals surface area contributed by atoms with Crippen molar-refractivity contribution in [3.63, 3.8) is 0 Å². The molecule has 1 saturated heterocycles. The number of benzene rings is 1. The number of nitrogens with zero attached hydrogens (tertiary/aromatic N) is 1. The molecule has 5 heteroatoms. The van der Waals surface area contributed by atoms with Gasteiger partial charge >= 0.3 is 6.03 Å². The van der Waals surface area contributed by atoms with Gasteiger partial charge in [0.1, 0.15) is 5.54 Å². The number of hydrogen-bond acceptors (Lipinski definition) is 3. The molecule has 0 aliphatic carbocycles. The minimum Gasteiger partial charge on any atom is -0.323 e. The predicted octanol–water partition coefficient (Wildman–Crippen LogP) is 3.54. The molecular formula is C20H28N2O3. The Morgan fingerprint density at radius 2 is 1.72 bits per heavy atom. The fourth-order valence-electron chi connectivity index (χ4n) is 3.13. The van der Waals surface area contributed by atoms with Crippen molar-refractivity contribution in [3.8, 4) is 0 Å². The van der Waals surface area contributed by atoms with Gasteiger partial charge in [-0.25, -0.2) is 4.79 Å². The summed E-state index contributed by atoms with van der Waals surface area (Å²) in [6.45, 7) is 11.5. The molecule has 0 bridgehead atoms. The van der Waals surface area contributed by atoms with E-state index in [1.165, 1.54) is 0 Å². The number of hydrogen-bond donors (Lipinski definition) is 1. The van der Waals surface area contributed by atoms with Crippen LogP contribution in [0.25, 0.3) is 0 Å². The van der Waals surface area contributed by atoms with Crippen molar-refractivity contribution < 1.29 is 14.4 Å². The van der Waals surface area contributed by atoms with Gasteiger partial charge in [0.05, 0.1) is 6.54 Å². The highest BCUT2D eigenvalue weighted by Crippen LogP contribution is 2.25. The smallest absolute Gasteiger partial charge is 0.323 e. The zero-order chi connectivity index (χ0) is 18.9. The van der Waals surface area contributed by atoms with E-state index in [9.17, 15) is 14.4 Å². The highest BCUT2D eigenvalue weighted by atomic mass is 16.2. The monoisotopic (exact) mass is 344 g/mol. The summed E-state index contributed by atoms with van der Waals surface area (Å²) in [7, 11) is 0. The average Bonchev–Trinajstić information content (AvgIpc) is 2.72. The number of Topliss-reactive ketones (excluding diaryl/α,β-unsaturated/α-hetero) is 1. The molecule has 25 heavy (non-hydrogen) atoms. The Labute approximate surface area is 149 Å². The molecule has 1 heterocycles. The Bertz CT molecular complexity index is 724. The van der Waals surface area contributed by atoms with E-state index in [1.807, 2.05) is 32.9 Å². The molecule has 136 valence electrons. The van der Waals surface area contributed by atoms with Crippen molar-refractivity contribution in [2.75, 3.05) is 6.54 Å². The van der Waals surface area contributed by atoms with E-state index in [2.05, 4.69) is 19.2 Å². The summed E-state index contributed by atoms with van der Waals surface area (Å²) in [5.74, 6) is -0.0828. The molecule has 1 fully saturated rings. The van der Waals surface area contributed by atoms with Crippen LogP contribution in [0.1, 0.15) is 60.7 Å². The van der Waals surface area contributed by atoms with Crippen molar-refractivity contribution >= 4 is 17.7 Å². The number of ketones is 1. The van der Waals surface area contributed by atoms with Gasteiger partial charge < -0.3 is 5.32 Å². The first-order valence-corrected chi connectivity index (χ1v) is 8.80. The number of imide groups is 1. The van der Waals surface area contributed by atoms with Crippen LogP contribution in [0.4, 0.5) is 4.79 Å². The van der Waals surface area contributed by atoms with Gasteiger partial charge in [-0.1, -0.05) is 19.9 Å². The van der Waals surface area contributed by atoms with Gasteiger partial charge in [0.2, 0.25) is 0 Å². The highest BCUT2D eigenvalue weighted by Gasteiger charge is 2.47. The summed E-state index contributed by atoms with van der Waals surface area (Å²) in [6, 6.07) is 3.32. The number of nitrogens with one attached hydrogen (secondary N) is 1. The van der Waals surface area contributed by atoms with Crippen molar-refractivity contribution in [1.29, 1.82) is 0 Å². The van der Waals surface area contributed by atoms with Crippen LogP contribution in [-0.4, -0.2) is 34.7 Å². The van der Waals surface area contributed by atoms with Crippen LogP contribution in [0.2, 0.25) is 0 Å². The summed E-state index contributed by atoms with van der Waals surface area (Å²) in [5.41, 5.74) is 2.65. The largest absolute Gasteiger partial charge is 0.325 e. The molecule has 1 N–H and O–H groups in total. The molecule has 1 atom stereocenters. The van der Waals surface area contributed by atoms with Crippen LogP contribution in [0, 0.1) is 26.7 Å². The van der Waals surface area contributed by atoms with Gasteiger partial charge in [0, 0.05) is 5.56 Å². The molecule has 3 amide bonds. The third-order valence-corrected chi connectivity index (χ3v) is 5.01. The summed E-state index contributed by atoms with van der Waals surface area (Å²) in [4.78, 5) is 38.7. The van der Waals surface area contributed by atoms with Crippen molar-refractivity contribution in [1.82, 2.24) is 10.2 Å². The fraction of sp³-hybridized carbons (Fsp3) is 0.550. The topological polar surface area (TPSA) is 66.5 Å². The standard InChI is InChI=1S/C20H28N2O3/c1-12(2)7-8-20(6)18(24)22(19(25)21-20)11-17(23)16-10-14(4)13(3)9-15(16)5/h9-10,12H,7-8,11H2,1-6H3,(H,21,25)/t20-/m0/s1. The first kappa shape index (κ1) is 19.2. The first-order valence-electron chi connectivity index (χ1n) is 8.80. The second-order valence-corrected chi connectivity index (χ2v) is 7.76. The lowest BCUT2D eigenvalue weighted by molar-refractivity contribution is -0.130. The molecule has 5 nitrogen and oxygen atoms in total. The molecule has 0 unspecified atom stereocenters. The third-order valence-electron chi connectivity index (χ3n) is 5.01. The second kappa shape index (κ2) is 6.98. The van der Waals surface area contributed by atoms with E-state index in [0.717, 1.165) is 28.0 Å². The summed E-state index contributed by atoms with van der Waals surface area (Å²) < 4.78 is 0. The van der Waals surface area contributed by atoms with Crippen LogP contribution in [-0.2, 0) is 4.79 Å². The minimum atomic E-state index is -0.917. The summed E-state index contributed by atoms with van der Waals surface area (Å²) >= 11 is 0. The van der Waals surface area contributed by atoms with E-state index in [1.54, 1.807) is 6.92 Å². The van der Waals surface area contributed by atoms with E-state index in [-0.39, 0.29) is 18.2 Å². The normalized spacial score (nSPS) is 20.4. The van der Waals surface area contributed by atoms with Crippen LogP contribution in [0.15, 0.2) is 12.1 Å². The first-order chi connectivity index (χ1) is 11.5. The van der Waals surface area contributed by atoms with Gasteiger partial charge in [0.15, 0.2) is 5.78 Å². The maximum Gasteiger partial charge on any atom is 0.325 e. The second-order valence-electron chi connectivity index (χ2n) is 7.76. The number of amides is 3. The number of aryl methyl sites for hydroxylation is 3. The number of urea groups is 1. The summed E-state index contributed by atoms with van der Waals surface area (Å²) in [5, 5.41) is 2.76. The van der Waals surface area contributed by atoms with E-state index in [4.69, 9.17) is 0 Å². The van der Waals surface area contributed by atoms with Crippen LogP contribution < -0.4 is 5.32 Å². The van der Waals surface area contributed by atoms with Gasteiger partial charge in [0.25, 0.3) is 5.91 Å². The van der Waals surface area contributed by atoms with E-state index < -0.39 is 11.6 Å². The van der Waals surface area contributed by atoms with Crippen LogP contribution >= 0.6 is 0 Å². The molecule has 1 aromatic carbocycles. The quantitative estimate of drug-likeness (QED) is 0.634. The molecule has 2 rings (SSSR count). The molecule has 1 aliphatic rings. The Balaban J connectivity index is 2.17. The van der Waals surface area contributed by atoms with E-state index in [0.29, 0.717) is 17.9 Å². The molecule has 0 aromatic heterocycles. The Morgan fingerprint density at radius 1 is 1.12 bits per heavy atom. The van der Waals surface area contributed by atoms with Gasteiger partial charge in [-0.05, 0) is 69.2 Å². The van der Waals surface area contributed by atoms with Gasteiger partial charge in [-0.3, -0.25) is 14.5 Å². The molecule has 0 spiro atoms. The van der Waals surface area contributed by atoms with Crippen molar-refractivity contribution in [2.45, 2.75) is 59.9 Å². The average molecular weight is 344 g/mol. The highest BCUT2D eigenvalue weighted by molar-refractivity contribution is 6.11. The molecule has 0 radical (unpaired) electrons. The molecule has 1 aromatic rings. The maximum atomic E-state index is 12.7. The minimum absolute atomic E-state index is 0.211. The third kappa shape index (κ3) is 3.91. The lowest BCUT2D eigenvalue weighted by Crippen LogP contribution is -2.44. The zero-order valence-electron chi connectivity index (χ0n) is 16.0. The fourth-order valence-corrected chi connectivity index (χ4v) is 3.13. The van der Waals surface area contributed by atoms with Crippen LogP contribution in [0.3, 0.4) is 0 Å². The molecular weight excluding hydrogens is 316 g/mol. The van der Waals surface area contributed by atoms with Crippen LogP contribution in [0.5, 0.6) is 0 Å². The van der Waals surface area contributed by atoms with E-state index >= 15 is 0 Å².